The Hall–Kier alpha value is -1.60. The number of hydrogen-bond donors (Lipinski definition) is 2. The van der Waals surface area contributed by atoms with Crippen LogP contribution in [0.5, 0.6) is 0 Å². The van der Waals surface area contributed by atoms with Crippen molar-refractivity contribution >= 4 is 5.91 Å². The zero-order valence-corrected chi connectivity index (χ0v) is 14.3. The predicted molar refractivity (Wildman–Crippen MR) is 88.8 cm³/mol. The minimum atomic E-state index is -4.30. The fourth-order valence-electron chi connectivity index (χ4n) is 3.36. The standard InChI is InChI=1S/C18H24F3N3O/c1-12(14-8-22-9-14)17(25)23-16-6-7-24(11-16)10-13-2-4-15(5-3-13)18(19,20)21/h2-5,12,14,16,22H,6-11H2,1H3,(H,23,25). The molecule has 2 unspecified atom stereocenters. The normalized spacial score (nSPS) is 23.3. The summed E-state index contributed by atoms with van der Waals surface area (Å²) in [5, 5.41) is 6.29. The van der Waals surface area contributed by atoms with E-state index in [-0.39, 0.29) is 17.9 Å². The smallest absolute Gasteiger partial charge is 0.352 e. The number of nitrogens with zero attached hydrogens (tertiary/aromatic N) is 1. The molecule has 0 spiro atoms. The van der Waals surface area contributed by atoms with Crippen LogP contribution >= 0.6 is 0 Å². The van der Waals surface area contributed by atoms with Gasteiger partial charge in [-0.3, -0.25) is 9.69 Å². The number of amides is 1. The number of likely N-dealkylation sites (tertiary alicyclic amines) is 1. The van der Waals surface area contributed by atoms with Gasteiger partial charge in [0.1, 0.15) is 0 Å². The SMILES string of the molecule is CC(C(=O)NC1CCN(Cc2ccc(C(F)(F)F)cc2)C1)C1CNC1. The molecule has 2 heterocycles. The van der Waals surface area contributed by atoms with Gasteiger partial charge in [0, 0.05) is 31.6 Å². The summed E-state index contributed by atoms with van der Waals surface area (Å²) < 4.78 is 37.8. The Morgan fingerprint density at radius 2 is 2.00 bits per heavy atom. The molecular formula is C18H24F3N3O. The van der Waals surface area contributed by atoms with E-state index in [0.29, 0.717) is 12.5 Å². The van der Waals surface area contributed by atoms with Crippen LogP contribution in [0.4, 0.5) is 13.2 Å². The molecule has 3 rings (SSSR count). The Balaban J connectivity index is 1.47. The molecule has 0 aromatic heterocycles. The van der Waals surface area contributed by atoms with Crippen molar-refractivity contribution in [3.8, 4) is 0 Å². The van der Waals surface area contributed by atoms with Crippen molar-refractivity contribution in [3.05, 3.63) is 35.4 Å². The molecule has 2 aliphatic rings. The first-order chi connectivity index (χ1) is 11.8. The predicted octanol–water partition coefficient (Wildman–Crippen LogP) is 2.25. The first-order valence-electron chi connectivity index (χ1n) is 8.72. The Morgan fingerprint density at radius 3 is 2.56 bits per heavy atom. The molecule has 2 atom stereocenters. The van der Waals surface area contributed by atoms with E-state index in [2.05, 4.69) is 15.5 Å². The molecule has 0 aliphatic carbocycles. The summed E-state index contributed by atoms with van der Waals surface area (Å²) in [6.07, 6.45) is -3.42. The monoisotopic (exact) mass is 355 g/mol. The molecule has 2 saturated heterocycles. The number of alkyl halides is 3. The molecule has 0 bridgehead atoms. The van der Waals surface area contributed by atoms with Crippen molar-refractivity contribution in [1.82, 2.24) is 15.5 Å². The maximum absolute atomic E-state index is 12.6. The van der Waals surface area contributed by atoms with E-state index in [9.17, 15) is 18.0 Å². The number of carbonyl (C=O) groups excluding carboxylic acids is 1. The van der Waals surface area contributed by atoms with Crippen LogP contribution < -0.4 is 10.6 Å². The molecule has 1 amide bonds. The average Bonchev–Trinajstić information content (AvgIpc) is 2.92. The highest BCUT2D eigenvalue weighted by Crippen LogP contribution is 2.29. The second-order valence-corrected chi connectivity index (χ2v) is 7.13. The lowest BCUT2D eigenvalue weighted by Gasteiger charge is -2.32. The largest absolute Gasteiger partial charge is 0.416 e. The van der Waals surface area contributed by atoms with E-state index >= 15 is 0 Å². The van der Waals surface area contributed by atoms with Gasteiger partial charge in [-0.05, 0) is 43.1 Å². The van der Waals surface area contributed by atoms with Crippen LogP contribution in [-0.4, -0.2) is 43.0 Å². The fourth-order valence-corrected chi connectivity index (χ4v) is 3.36. The van der Waals surface area contributed by atoms with Crippen LogP contribution in [0.1, 0.15) is 24.5 Å². The van der Waals surface area contributed by atoms with Gasteiger partial charge in [-0.1, -0.05) is 19.1 Å². The number of benzene rings is 1. The highest BCUT2D eigenvalue weighted by molar-refractivity contribution is 5.79. The number of rotatable bonds is 5. The van der Waals surface area contributed by atoms with Crippen LogP contribution in [0, 0.1) is 11.8 Å². The highest BCUT2D eigenvalue weighted by atomic mass is 19.4. The zero-order chi connectivity index (χ0) is 18.0. The molecular weight excluding hydrogens is 331 g/mol. The number of hydrogen-bond acceptors (Lipinski definition) is 3. The lowest BCUT2D eigenvalue weighted by molar-refractivity contribution is -0.137. The van der Waals surface area contributed by atoms with Crippen molar-refractivity contribution in [3.63, 3.8) is 0 Å². The third kappa shape index (κ3) is 4.52. The molecule has 2 fully saturated rings. The number of halogens is 3. The summed E-state index contributed by atoms with van der Waals surface area (Å²) in [5.74, 6) is 0.544. The Kier molecular flexibility index (Phi) is 5.34. The second kappa shape index (κ2) is 7.33. The van der Waals surface area contributed by atoms with Gasteiger partial charge in [0.2, 0.25) is 5.91 Å². The van der Waals surface area contributed by atoms with Crippen molar-refractivity contribution in [2.24, 2.45) is 11.8 Å². The van der Waals surface area contributed by atoms with Gasteiger partial charge < -0.3 is 10.6 Å². The molecule has 0 radical (unpaired) electrons. The van der Waals surface area contributed by atoms with Gasteiger partial charge in [-0.15, -0.1) is 0 Å². The van der Waals surface area contributed by atoms with E-state index in [4.69, 9.17) is 0 Å². The fraction of sp³-hybridized carbons (Fsp3) is 0.611. The van der Waals surface area contributed by atoms with Crippen LogP contribution in [0.15, 0.2) is 24.3 Å². The van der Waals surface area contributed by atoms with E-state index in [1.807, 2.05) is 6.92 Å². The van der Waals surface area contributed by atoms with Gasteiger partial charge in [0.05, 0.1) is 5.56 Å². The third-order valence-corrected chi connectivity index (χ3v) is 5.24. The Morgan fingerprint density at radius 1 is 1.32 bits per heavy atom. The maximum atomic E-state index is 12.6. The molecule has 4 nitrogen and oxygen atoms in total. The average molecular weight is 355 g/mol. The first-order valence-corrected chi connectivity index (χ1v) is 8.72. The third-order valence-electron chi connectivity index (χ3n) is 5.24. The molecule has 7 heteroatoms. The Labute approximate surface area is 145 Å². The van der Waals surface area contributed by atoms with E-state index in [1.165, 1.54) is 12.1 Å². The molecule has 0 saturated carbocycles. The van der Waals surface area contributed by atoms with Gasteiger partial charge in [0.15, 0.2) is 0 Å². The van der Waals surface area contributed by atoms with Crippen molar-refractivity contribution in [2.75, 3.05) is 26.2 Å². The molecule has 1 aromatic carbocycles. The van der Waals surface area contributed by atoms with Gasteiger partial charge in [0.25, 0.3) is 0 Å². The zero-order valence-electron chi connectivity index (χ0n) is 14.3. The van der Waals surface area contributed by atoms with Crippen LogP contribution in [0.25, 0.3) is 0 Å². The summed E-state index contributed by atoms with van der Waals surface area (Å²) in [4.78, 5) is 14.4. The minimum Gasteiger partial charge on any atom is -0.352 e. The van der Waals surface area contributed by atoms with E-state index in [0.717, 1.165) is 50.3 Å². The molecule has 1 aromatic rings. The number of nitrogens with one attached hydrogen (secondary N) is 2. The summed E-state index contributed by atoms with van der Waals surface area (Å²) in [5.41, 5.74) is 0.233. The van der Waals surface area contributed by atoms with Crippen LogP contribution in [0.2, 0.25) is 0 Å². The lowest BCUT2D eigenvalue weighted by atomic mass is 9.88. The summed E-state index contributed by atoms with van der Waals surface area (Å²) in [6, 6.07) is 5.43. The van der Waals surface area contributed by atoms with Crippen molar-refractivity contribution in [1.29, 1.82) is 0 Å². The van der Waals surface area contributed by atoms with Crippen molar-refractivity contribution in [2.45, 2.75) is 32.1 Å². The molecule has 2 aliphatic heterocycles. The molecule has 25 heavy (non-hydrogen) atoms. The highest BCUT2D eigenvalue weighted by Gasteiger charge is 2.32. The summed E-state index contributed by atoms with van der Waals surface area (Å²) in [6.45, 7) is 5.95. The van der Waals surface area contributed by atoms with Crippen molar-refractivity contribution < 1.29 is 18.0 Å². The van der Waals surface area contributed by atoms with Gasteiger partial charge in [-0.25, -0.2) is 0 Å². The minimum absolute atomic E-state index is 0.0187. The topological polar surface area (TPSA) is 44.4 Å². The first kappa shape index (κ1) is 18.2. The second-order valence-electron chi connectivity index (χ2n) is 7.13. The van der Waals surface area contributed by atoms with Crippen LogP contribution in [-0.2, 0) is 17.5 Å². The van der Waals surface area contributed by atoms with Gasteiger partial charge in [-0.2, -0.15) is 13.2 Å². The number of carbonyl (C=O) groups is 1. The van der Waals surface area contributed by atoms with E-state index < -0.39 is 11.7 Å². The lowest BCUT2D eigenvalue weighted by Crippen LogP contribution is -2.51. The molecule has 2 N–H and O–H groups in total. The maximum Gasteiger partial charge on any atom is 0.416 e. The van der Waals surface area contributed by atoms with Crippen LogP contribution in [0.3, 0.4) is 0 Å². The quantitative estimate of drug-likeness (QED) is 0.852. The Bertz CT molecular complexity index is 599. The van der Waals surface area contributed by atoms with Gasteiger partial charge >= 0.3 is 6.18 Å². The summed E-state index contributed by atoms with van der Waals surface area (Å²) >= 11 is 0. The van der Waals surface area contributed by atoms with E-state index in [1.54, 1.807) is 0 Å². The molecule has 138 valence electrons. The summed E-state index contributed by atoms with van der Waals surface area (Å²) in [7, 11) is 0.